The lowest BCUT2D eigenvalue weighted by Gasteiger charge is -2.07. The molecule has 0 spiro atoms. The molecule has 0 saturated heterocycles. The van der Waals surface area contributed by atoms with E-state index in [-0.39, 0.29) is 0 Å². The highest BCUT2D eigenvalue weighted by atomic mass is 35.5. The molecular formula is C14H8Cl2O2S2. The summed E-state index contributed by atoms with van der Waals surface area (Å²) in [4.78, 5) is 24.1. The van der Waals surface area contributed by atoms with Gasteiger partial charge in [0.05, 0.1) is 0 Å². The maximum absolute atomic E-state index is 11.3. The van der Waals surface area contributed by atoms with Crippen molar-refractivity contribution in [3.63, 3.8) is 0 Å². The highest BCUT2D eigenvalue weighted by Crippen LogP contribution is 2.40. The molecule has 0 heterocycles. The van der Waals surface area contributed by atoms with Crippen LogP contribution < -0.4 is 0 Å². The molecule has 2 nitrogen and oxygen atoms in total. The highest BCUT2D eigenvalue weighted by Gasteiger charge is 2.12. The average Bonchev–Trinajstić information content (AvgIpc) is 2.45. The normalized spacial score (nSPS) is 10.3. The van der Waals surface area contributed by atoms with E-state index in [4.69, 9.17) is 23.2 Å². The van der Waals surface area contributed by atoms with E-state index in [2.05, 4.69) is 0 Å². The summed E-state index contributed by atoms with van der Waals surface area (Å²) in [5.74, 6) is 0. The van der Waals surface area contributed by atoms with Crippen molar-refractivity contribution < 1.29 is 9.59 Å². The van der Waals surface area contributed by atoms with Crippen LogP contribution in [0.25, 0.3) is 0 Å². The first-order chi connectivity index (χ1) is 9.59. The minimum Gasteiger partial charge on any atom is -0.276 e. The summed E-state index contributed by atoms with van der Waals surface area (Å²) in [6.07, 6.45) is 0. The Kier molecular flexibility index (Phi) is 5.54. The Bertz CT molecular complexity index is 602. The zero-order chi connectivity index (χ0) is 14.5. The van der Waals surface area contributed by atoms with Gasteiger partial charge < -0.3 is 0 Å². The van der Waals surface area contributed by atoms with Crippen LogP contribution in [-0.4, -0.2) is 10.5 Å². The molecule has 0 atom stereocenters. The van der Waals surface area contributed by atoms with Crippen molar-refractivity contribution in [3.8, 4) is 0 Å². The van der Waals surface area contributed by atoms with Crippen LogP contribution in [0.4, 0.5) is 0 Å². The summed E-state index contributed by atoms with van der Waals surface area (Å²) in [7, 11) is 2.72. The quantitative estimate of drug-likeness (QED) is 0.549. The largest absolute Gasteiger partial charge is 0.276 e. The summed E-state index contributed by atoms with van der Waals surface area (Å²) < 4.78 is 0. The molecule has 2 aromatic rings. The van der Waals surface area contributed by atoms with Crippen LogP contribution in [0.1, 0.15) is 20.7 Å². The minimum atomic E-state index is -0.504. The van der Waals surface area contributed by atoms with E-state index in [1.54, 1.807) is 36.4 Å². The van der Waals surface area contributed by atoms with E-state index in [0.29, 0.717) is 11.1 Å². The van der Waals surface area contributed by atoms with Crippen LogP contribution in [0.5, 0.6) is 0 Å². The number of hydrogen-bond donors (Lipinski definition) is 0. The Morgan fingerprint density at radius 3 is 1.40 bits per heavy atom. The van der Waals surface area contributed by atoms with E-state index in [9.17, 15) is 9.59 Å². The van der Waals surface area contributed by atoms with E-state index in [0.717, 1.165) is 9.79 Å². The van der Waals surface area contributed by atoms with Gasteiger partial charge in [0.15, 0.2) is 0 Å². The van der Waals surface area contributed by atoms with Gasteiger partial charge >= 0.3 is 0 Å². The van der Waals surface area contributed by atoms with Gasteiger partial charge in [-0.25, -0.2) is 0 Å². The standard InChI is InChI=1S/C14H8Cl2O2S2/c15-13(17)9-5-1-3-7-11(9)19-20-12-8-4-2-6-10(12)14(16)18/h1-8H. The Balaban J connectivity index is 2.22. The molecule has 2 rings (SSSR count). The van der Waals surface area contributed by atoms with Crippen molar-refractivity contribution in [2.45, 2.75) is 9.79 Å². The van der Waals surface area contributed by atoms with E-state index in [1.165, 1.54) is 21.6 Å². The zero-order valence-corrected chi connectivity index (χ0v) is 13.2. The predicted molar refractivity (Wildman–Crippen MR) is 85.0 cm³/mol. The summed E-state index contributed by atoms with van der Waals surface area (Å²) in [5, 5.41) is -1.01. The number of carbonyl (C=O) groups is 2. The Morgan fingerprint density at radius 2 is 1.05 bits per heavy atom. The lowest BCUT2D eigenvalue weighted by molar-refractivity contribution is 0.107. The number of rotatable bonds is 5. The first-order valence-corrected chi connectivity index (χ1v) is 8.42. The number of hydrogen-bond acceptors (Lipinski definition) is 4. The Morgan fingerprint density at radius 1 is 0.700 bits per heavy atom. The van der Waals surface area contributed by atoms with Gasteiger partial charge in [-0.1, -0.05) is 45.9 Å². The average molecular weight is 343 g/mol. The van der Waals surface area contributed by atoms with Gasteiger partial charge in [0, 0.05) is 20.9 Å². The van der Waals surface area contributed by atoms with Crippen LogP contribution in [-0.2, 0) is 0 Å². The van der Waals surface area contributed by atoms with Crippen molar-refractivity contribution >= 4 is 55.3 Å². The number of halogens is 2. The number of carbonyl (C=O) groups excluding carboxylic acids is 2. The maximum Gasteiger partial charge on any atom is 0.253 e. The van der Waals surface area contributed by atoms with Crippen LogP contribution in [0.2, 0.25) is 0 Å². The Labute approximate surface area is 134 Å². The van der Waals surface area contributed by atoms with Gasteiger partial charge in [-0.15, -0.1) is 0 Å². The van der Waals surface area contributed by atoms with Crippen molar-refractivity contribution in [3.05, 3.63) is 59.7 Å². The Hall–Kier alpha value is -0.940. The molecule has 0 amide bonds. The third kappa shape index (κ3) is 3.79. The van der Waals surface area contributed by atoms with Crippen molar-refractivity contribution in [1.82, 2.24) is 0 Å². The van der Waals surface area contributed by atoms with Gasteiger partial charge in [0.1, 0.15) is 0 Å². The number of benzene rings is 2. The third-order valence-corrected chi connectivity index (χ3v) is 5.31. The van der Waals surface area contributed by atoms with Gasteiger partial charge in [-0.3, -0.25) is 9.59 Å². The van der Waals surface area contributed by atoms with E-state index >= 15 is 0 Å². The summed E-state index contributed by atoms with van der Waals surface area (Å²) in [6.45, 7) is 0. The second-order valence-electron chi connectivity index (χ2n) is 3.71. The minimum absolute atomic E-state index is 0.446. The molecule has 2 aromatic carbocycles. The molecule has 0 aliphatic carbocycles. The molecule has 0 bridgehead atoms. The van der Waals surface area contributed by atoms with Crippen LogP contribution in [0, 0.1) is 0 Å². The molecule has 6 heteroatoms. The van der Waals surface area contributed by atoms with E-state index in [1.807, 2.05) is 12.1 Å². The summed E-state index contributed by atoms with van der Waals surface area (Å²) >= 11 is 11.1. The second-order valence-corrected chi connectivity index (χ2v) is 6.61. The molecule has 0 aliphatic heterocycles. The predicted octanol–water partition coefficient (Wildman–Crippen LogP) is 5.24. The van der Waals surface area contributed by atoms with Crippen molar-refractivity contribution in [2.75, 3.05) is 0 Å². The molecule has 20 heavy (non-hydrogen) atoms. The molecule has 0 N–H and O–H groups in total. The van der Waals surface area contributed by atoms with Crippen molar-refractivity contribution in [2.24, 2.45) is 0 Å². The lowest BCUT2D eigenvalue weighted by atomic mass is 10.2. The molecular weight excluding hydrogens is 335 g/mol. The molecule has 0 fully saturated rings. The van der Waals surface area contributed by atoms with Gasteiger partial charge in [-0.2, -0.15) is 0 Å². The maximum atomic E-state index is 11.3. The molecule has 0 saturated carbocycles. The first kappa shape index (κ1) is 15.4. The highest BCUT2D eigenvalue weighted by molar-refractivity contribution is 8.76. The lowest BCUT2D eigenvalue weighted by Crippen LogP contribution is -1.92. The summed E-state index contributed by atoms with van der Waals surface area (Å²) in [5.41, 5.74) is 0.891. The van der Waals surface area contributed by atoms with Gasteiger partial charge in [-0.05, 0) is 47.5 Å². The fourth-order valence-corrected chi connectivity index (χ4v) is 4.29. The fraction of sp³-hybridized carbons (Fsp3) is 0. The molecule has 0 aromatic heterocycles. The van der Waals surface area contributed by atoms with Crippen LogP contribution in [0.3, 0.4) is 0 Å². The van der Waals surface area contributed by atoms with Gasteiger partial charge in [0.25, 0.3) is 10.5 Å². The SMILES string of the molecule is O=C(Cl)c1ccccc1SSc1ccccc1C(=O)Cl. The topological polar surface area (TPSA) is 34.1 Å². The van der Waals surface area contributed by atoms with Crippen LogP contribution in [0.15, 0.2) is 58.3 Å². The smallest absolute Gasteiger partial charge is 0.253 e. The van der Waals surface area contributed by atoms with E-state index < -0.39 is 10.5 Å². The monoisotopic (exact) mass is 342 g/mol. The zero-order valence-electron chi connectivity index (χ0n) is 10.0. The van der Waals surface area contributed by atoms with Gasteiger partial charge in [0.2, 0.25) is 0 Å². The molecule has 0 aliphatic rings. The second kappa shape index (κ2) is 7.18. The molecule has 102 valence electrons. The third-order valence-electron chi connectivity index (χ3n) is 2.42. The fourth-order valence-electron chi connectivity index (χ4n) is 1.49. The van der Waals surface area contributed by atoms with Crippen LogP contribution >= 0.6 is 44.8 Å². The first-order valence-electron chi connectivity index (χ1n) is 5.52. The van der Waals surface area contributed by atoms with Crippen molar-refractivity contribution in [1.29, 1.82) is 0 Å². The molecule has 0 unspecified atom stereocenters. The molecule has 0 radical (unpaired) electrons. The summed E-state index contributed by atoms with van der Waals surface area (Å²) in [6, 6.07) is 14.1.